The minimum atomic E-state index is -3.46. The van der Waals surface area contributed by atoms with Crippen LogP contribution in [0.5, 0.6) is 5.75 Å². The van der Waals surface area contributed by atoms with E-state index in [1.54, 1.807) is 26.0 Å². The molecule has 1 aromatic carbocycles. The molecular weight excluding hydrogens is 328 g/mol. The molecule has 0 aliphatic rings. The molecule has 0 heterocycles. The minimum absolute atomic E-state index is 0.0438. The van der Waals surface area contributed by atoms with Crippen molar-refractivity contribution in [2.75, 3.05) is 19.7 Å². The molecule has 0 spiro atoms. The molecule has 24 heavy (non-hydrogen) atoms. The van der Waals surface area contributed by atoms with Crippen LogP contribution in [0.1, 0.15) is 39.2 Å². The summed E-state index contributed by atoms with van der Waals surface area (Å²) in [4.78, 5) is 12.1. The molecule has 2 N–H and O–H groups in total. The number of sulfonamides is 1. The first kappa shape index (κ1) is 20.4. The zero-order valence-corrected chi connectivity index (χ0v) is 15.7. The predicted octanol–water partition coefficient (Wildman–Crippen LogP) is 2.22. The average Bonchev–Trinajstić information content (AvgIpc) is 2.53. The SMILES string of the molecule is CCNS(=O)(=O)c1ccc(OCCNC(=O)C(CC)CC)c(C)c1. The molecule has 1 aromatic rings. The number of aryl methyl sites for hydroxylation is 1. The highest BCUT2D eigenvalue weighted by atomic mass is 32.2. The molecule has 0 fully saturated rings. The van der Waals surface area contributed by atoms with Gasteiger partial charge < -0.3 is 10.1 Å². The van der Waals surface area contributed by atoms with E-state index in [4.69, 9.17) is 4.74 Å². The summed E-state index contributed by atoms with van der Waals surface area (Å²) in [7, 11) is -3.46. The lowest BCUT2D eigenvalue weighted by atomic mass is 10.0. The van der Waals surface area contributed by atoms with Gasteiger partial charge in [-0.3, -0.25) is 4.79 Å². The van der Waals surface area contributed by atoms with Crippen molar-refractivity contribution in [3.63, 3.8) is 0 Å². The summed E-state index contributed by atoms with van der Waals surface area (Å²) >= 11 is 0. The maximum atomic E-state index is 12.0. The fourth-order valence-electron chi connectivity index (χ4n) is 2.36. The van der Waals surface area contributed by atoms with Crippen LogP contribution in [-0.2, 0) is 14.8 Å². The zero-order valence-electron chi connectivity index (χ0n) is 14.9. The number of hydrogen-bond acceptors (Lipinski definition) is 4. The molecule has 0 atom stereocenters. The van der Waals surface area contributed by atoms with E-state index in [0.717, 1.165) is 18.4 Å². The Morgan fingerprint density at radius 3 is 2.42 bits per heavy atom. The summed E-state index contributed by atoms with van der Waals surface area (Å²) in [6, 6.07) is 4.74. The molecule has 0 bridgehead atoms. The largest absolute Gasteiger partial charge is 0.491 e. The molecular formula is C17H28N2O4S. The van der Waals surface area contributed by atoms with Crippen LogP contribution in [0.25, 0.3) is 0 Å². The summed E-state index contributed by atoms with van der Waals surface area (Å²) in [6.07, 6.45) is 1.65. The van der Waals surface area contributed by atoms with Crippen molar-refractivity contribution in [1.82, 2.24) is 10.0 Å². The number of carbonyl (C=O) groups is 1. The van der Waals surface area contributed by atoms with Gasteiger partial charge in [0.1, 0.15) is 12.4 Å². The fourth-order valence-corrected chi connectivity index (χ4v) is 3.49. The van der Waals surface area contributed by atoms with Crippen molar-refractivity contribution in [1.29, 1.82) is 0 Å². The van der Waals surface area contributed by atoms with Gasteiger partial charge in [0.2, 0.25) is 15.9 Å². The van der Waals surface area contributed by atoms with Crippen LogP contribution in [0.3, 0.4) is 0 Å². The topological polar surface area (TPSA) is 84.5 Å². The van der Waals surface area contributed by atoms with Gasteiger partial charge in [-0.1, -0.05) is 20.8 Å². The van der Waals surface area contributed by atoms with Gasteiger partial charge in [-0.25, -0.2) is 13.1 Å². The number of nitrogens with one attached hydrogen (secondary N) is 2. The summed E-state index contributed by atoms with van der Waals surface area (Å²) in [5, 5.41) is 2.86. The van der Waals surface area contributed by atoms with Gasteiger partial charge >= 0.3 is 0 Å². The van der Waals surface area contributed by atoms with E-state index in [1.165, 1.54) is 6.07 Å². The van der Waals surface area contributed by atoms with Gasteiger partial charge in [-0.15, -0.1) is 0 Å². The predicted molar refractivity (Wildman–Crippen MR) is 94.6 cm³/mol. The van der Waals surface area contributed by atoms with E-state index in [1.807, 2.05) is 13.8 Å². The van der Waals surface area contributed by atoms with Gasteiger partial charge in [-0.05, 0) is 43.5 Å². The standard InChI is InChI=1S/C17H28N2O4S/c1-5-14(6-2)17(20)18-10-11-23-16-9-8-15(12-13(16)4)24(21,22)19-7-3/h8-9,12,14,19H,5-7,10-11H2,1-4H3,(H,18,20). The molecule has 0 aromatic heterocycles. The maximum Gasteiger partial charge on any atom is 0.240 e. The number of amides is 1. The summed E-state index contributed by atoms with van der Waals surface area (Å²) in [5.74, 6) is 0.705. The minimum Gasteiger partial charge on any atom is -0.491 e. The van der Waals surface area contributed by atoms with E-state index in [9.17, 15) is 13.2 Å². The van der Waals surface area contributed by atoms with Crippen LogP contribution in [0, 0.1) is 12.8 Å². The highest BCUT2D eigenvalue weighted by molar-refractivity contribution is 7.89. The molecule has 1 amide bonds. The highest BCUT2D eigenvalue weighted by Gasteiger charge is 2.15. The lowest BCUT2D eigenvalue weighted by Crippen LogP contribution is -2.33. The summed E-state index contributed by atoms with van der Waals surface area (Å²) in [5.41, 5.74) is 0.736. The first-order chi connectivity index (χ1) is 11.4. The second-order valence-corrected chi connectivity index (χ2v) is 7.35. The Morgan fingerprint density at radius 2 is 1.88 bits per heavy atom. The average molecular weight is 356 g/mol. The van der Waals surface area contributed by atoms with E-state index < -0.39 is 10.0 Å². The molecule has 6 nitrogen and oxygen atoms in total. The Labute approximate surface area is 145 Å². The Bertz CT molecular complexity index is 640. The van der Waals surface area contributed by atoms with E-state index in [0.29, 0.717) is 25.4 Å². The number of rotatable bonds is 10. The van der Waals surface area contributed by atoms with Crippen LogP contribution >= 0.6 is 0 Å². The van der Waals surface area contributed by atoms with Crippen LogP contribution in [-0.4, -0.2) is 34.0 Å². The first-order valence-corrected chi connectivity index (χ1v) is 9.84. The number of ether oxygens (including phenoxy) is 1. The van der Waals surface area contributed by atoms with Crippen molar-refractivity contribution < 1.29 is 17.9 Å². The molecule has 0 saturated heterocycles. The van der Waals surface area contributed by atoms with Crippen LogP contribution in [0.15, 0.2) is 23.1 Å². The van der Waals surface area contributed by atoms with Crippen LogP contribution in [0.4, 0.5) is 0 Å². The quantitative estimate of drug-likeness (QED) is 0.630. The monoisotopic (exact) mass is 356 g/mol. The molecule has 0 aliphatic heterocycles. The van der Waals surface area contributed by atoms with E-state index in [2.05, 4.69) is 10.0 Å². The normalized spacial score (nSPS) is 11.5. The molecule has 0 aliphatic carbocycles. The van der Waals surface area contributed by atoms with E-state index >= 15 is 0 Å². The van der Waals surface area contributed by atoms with Crippen molar-refractivity contribution in [2.24, 2.45) is 5.92 Å². The molecule has 1 rings (SSSR count). The fraction of sp³-hybridized carbons (Fsp3) is 0.588. The Morgan fingerprint density at radius 1 is 1.21 bits per heavy atom. The Kier molecular flexibility index (Phi) is 8.21. The molecule has 7 heteroatoms. The highest BCUT2D eigenvalue weighted by Crippen LogP contribution is 2.21. The third-order valence-electron chi connectivity index (χ3n) is 3.81. The number of hydrogen-bond donors (Lipinski definition) is 2. The third kappa shape index (κ3) is 5.79. The number of benzene rings is 1. The van der Waals surface area contributed by atoms with Gasteiger partial charge in [0, 0.05) is 12.5 Å². The molecule has 0 saturated carbocycles. The second-order valence-electron chi connectivity index (χ2n) is 5.58. The van der Waals surface area contributed by atoms with Gasteiger partial charge in [0.15, 0.2) is 0 Å². The second kappa shape index (κ2) is 9.64. The molecule has 0 radical (unpaired) electrons. The van der Waals surface area contributed by atoms with Crippen molar-refractivity contribution >= 4 is 15.9 Å². The summed E-state index contributed by atoms with van der Waals surface area (Å²) in [6.45, 7) is 8.63. The van der Waals surface area contributed by atoms with Crippen LogP contribution < -0.4 is 14.8 Å². The van der Waals surface area contributed by atoms with Gasteiger partial charge in [-0.2, -0.15) is 0 Å². The maximum absolute atomic E-state index is 12.0. The Balaban J connectivity index is 2.57. The van der Waals surface area contributed by atoms with Gasteiger partial charge in [0.25, 0.3) is 0 Å². The van der Waals surface area contributed by atoms with Gasteiger partial charge in [0.05, 0.1) is 11.4 Å². The van der Waals surface area contributed by atoms with Crippen molar-refractivity contribution in [3.8, 4) is 5.75 Å². The molecule has 0 unspecified atom stereocenters. The smallest absolute Gasteiger partial charge is 0.240 e. The zero-order chi connectivity index (χ0) is 18.2. The van der Waals surface area contributed by atoms with Crippen molar-refractivity contribution in [2.45, 2.75) is 45.4 Å². The van der Waals surface area contributed by atoms with Crippen molar-refractivity contribution in [3.05, 3.63) is 23.8 Å². The lowest BCUT2D eigenvalue weighted by molar-refractivity contribution is -0.125. The Hall–Kier alpha value is -1.60. The third-order valence-corrected chi connectivity index (χ3v) is 5.35. The van der Waals surface area contributed by atoms with Crippen LogP contribution in [0.2, 0.25) is 0 Å². The lowest BCUT2D eigenvalue weighted by Gasteiger charge is -2.14. The number of carbonyl (C=O) groups excluding carboxylic acids is 1. The first-order valence-electron chi connectivity index (χ1n) is 8.36. The van der Waals surface area contributed by atoms with E-state index in [-0.39, 0.29) is 16.7 Å². The molecule has 136 valence electrons. The summed E-state index contributed by atoms with van der Waals surface area (Å²) < 4.78 is 32.0.